The van der Waals surface area contributed by atoms with Gasteiger partial charge >= 0.3 is 0 Å². The van der Waals surface area contributed by atoms with Gasteiger partial charge in [0.1, 0.15) is 0 Å². The molecule has 0 spiro atoms. The molecule has 0 aliphatic rings. The van der Waals surface area contributed by atoms with Crippen molar-refractivity contribution in [3.05, 3.63) is 36.5 Å². The predicted molar refractivity (Wildman–Crippen MR) is 75.6 cm³/mol. The SMILES string of the molecule is C=C/C(=C\C=C/C)CC(C)(CC)CCCC. The average molecular weight is 220 g/mol. The summed E-state index contributed by atoms with van der Waals surface area (Å²) in [5, 5.41) is 0. The van der Waals surface area contributed by atoms with Gasteiger partial charge in [0.2, 0.25) is 0 Å². The first-order chi connectivity index (χ1) is 7.61. The summed E-state index contributed by atoms with van der Waals surface area (Å²) in [4.78, 5) is 0. The first-order valence-corrected chi connectivity index (χ1v) is 6.56. The van der Waals surface area contributed by atoms with Crippen LogP contribution in [0.2, 0.25) is 0 Å². The summed E-state index contributed by atoms with van der Waals surface area (Å²) in [5.41, 5.74) is 1.80. The van der Waals surface area contributed by atoms with Gasteiger partial charge in [0, 0.05) is 0 Å². The molecule has 0 heterocycles. The van der Waals surface area contributed by atoms with E-state index in [1.165, 1.54) is 31.3 Å². The van der Waals surface area contributed by atoms with Gasteiger partial charge in [-0.1, -0.05) is 70.9 Å². The maximum Gasteiger partial charge on any atom is -0.0225 e. The van der Waals surface area contributed by atoms with E-state index in [4.69, 9.17) is 0 Å². The third kappa shape index (κ3) is 5.95. The van der Waals surface area contributed by atoms with Gasteiger partial charge in [0.25, 0.3) is 0 Å². The van der Waals surface area contributed by atoms with Gasteiger partial charge in [0.15, 0.2) is 0 Å². The summed E-state index contributed by atoms with van der Waals surface area (Å²) in [6.45, 7) is 12.9. The molecule has 0 heteroatoms. The summed E-state index contributed by atoms with van der Waals surface area (Å²) >= 11 is 0. The minimum atomic E-state index is 0.442. The van der Waals surface area contributed by atoms with Crippen molar-refractivity contribution in [1.82, 2.24) is 0 Å². The second-order valence-corrected chi connectivity index (χ2v) is 4.92. The molecule has 0 nitrogen and oxygen atoms in total. The monoisotopic (exact) mass is 220 g/mol. The molecule has 0 bridgehead atoms. The van der Waals surface area contributed by atoms with Crippen LogP contribution in [0.25, 0.3) is 0 Å². The lowest BCUT2D eigenvalue weighted by atomic mass is 9.77. The highest BCUT2D eigenvalue weighted by molar-refractivity contribution is 5.23. The van der Waals surface area contributed by atoms with Crippen LogP contribution in [0, 0.1) is 5.41 Å². The Morgan fingerprint density at radius 1 is 1.31 bits per heavy atom. The molecular formula is C16H28. The lowest BCUT2D eigenvalue weighted by Crippen LogP contribution is -2.15. The number of hydrogen-bond donors (Lipinski definition) is 0. The zero-order valence-corrected chi connectivity index (χ0v) is 11.6. The largest absolute Gasteiger partial charge is 0.0988 e. The summed E-state index contributed by atoms with van der Waals surface area (Å²) in [5.74, 6) is 0. The summed E-state index contributed by atoms with van der Waals surface area (Å²) < 4.78 is 0. The maximum absolute atomic E-state index is 3.91. The van der Waals surface area contributed by atoms with E-state index in [9.17, 15) is 0 Å². The fourth-order valence-electron chi connectivity index (χ4n) is 1.91. The Morgan fingerprint density at radius 3 is 2.44 bits per heavy atom. The molecule has 0 aromatic carbocycles. The fourth-order valence-corrected chi connectivity index (χ4v) is 1.91. The van der Waals surface area contributed by atoms with Crippen LogP contribution in [0.15, 0.2) is 36.5 Å². The Labute approximate surface area is 102 Å². The van der Waals surface area contributed by atoms with Gasteiger partial charge in [-0.2, -0.15) is 0 Å². The number of unbranched alkanes of at least 4 members (excludes halogenated alkanes) is 1. The van der Waals surface area contributed by atoms with E-state index in [2.05, 4.69) is 45.6 Å². The van der Waals surface area contributed by atoms with Gasteiger partial charge in [0.05, 0.1) is 0 Å². The first kappa shape index (κ1) is 15.2. The van der Waals surface area contributed by atoms with Gasteiger partial charge in [-0.25, -0.2) is 0 Å². The Kier molecular flexibility index (Phi) is 7.97. The number of hydrogen-bond acceptors (Lipinski definition) is 0. The van der Waals surface area contributed by atoms with Crippen molar-refractivity contribution in [2.24, 2.45) is 5.41 Å². The fraction of sp³-hybridized carbons (Fsp3) is 0.625. The average Bonchev–Trinajstić information content (AvgIpc) is 2.32. The Morgan fingerprint density at radius 2 is 2.00 bits per heavy atom. The van der Waals surface area contributed by atoms with E-state index in [0.29, 0.717) is 5.41 Å². The molecule has 0 aliphatic heterocycles. The van der Waals surface area contributed by atoms with Crippen LogP contribution in [-0.4, -0.2) is 0 Å². The molecule has 16 heavy (non-hydrogen) atoms. The molecule has 0 aromatic rings. The van der Waals surface area contributed by atoms with Gasteiger partial charge in [-0.05, 0) is 30.8 Å². The van der Waals surface area contributed by atoms with Crippen LogP contribution in [0.3, 0.4) is 0 Å². The lowest BCUT2D eigenvalue weighted by Gasteiger charge is -2.28. The molecule has 1 unspecified atom stereocenters. The lowest BCUT2D eigenvalue weighted by molar-refractivity contribution is 0.275. The second kappa shape index (κ2) is 8.38. The number of allylic oxidation sites excluding steroid dienone is 5. The first-order valence-electron chi connectivity index (χ1n) is 6.56. The molecule has 0 radical (unpaired) electrons. The van der Waals surface area contributed by atoms with E-state index in [1.807, 2.05) is 13.0 Å². The van der Waals surface area contributed by atoms with Crippen molar-refractivity contribution in [2.75, 3.05) is 0 Å². The molecular weight excluding hydrogens is 192 g/mol. The van der Waals surface area contributed by atoms with Crippen molar-refractivity contribution in [1.29, 1.82) is 0 Å². The quantitative estimate of drug-likeness (QED) is 0.462. The van der Waals surface area contributed by atoms with Crippen molar-refractivity contribution in [3.63, 3.8) is 0 Å². The van der Waals surface area contributed by atoms with E-state index in [1.54, 1.807) is 0 Å². The Balaban J connectivity index is 4.53. The smallest absolute Gasteiger partial charge is 0.0225 e. The van der Waals surface area contributed by atoms with Gasteiger partial charge in [-0.3, -0.25) is 0 Å². The molecule has 0 N–H and O–H groups in total. The van der Waals surface area contributed by atoms with Gasteiger partial charge < -0.3 is 0 Å². The zero-order valence-electron chi connectivity index (χ0n) is 11.6. The molecule has 0 aromatic heterocycles. The molecule has 0 rings (SSSR count). The standard InChI is InChI=1S/C16H28/c1-6-10-12-15(8-3)14-16(5,9-4)13-11-7-2/h6,8,10,12H,3,7,9,11,13-14H2,1-2,4-5H3/b10-6-,15-12+. The third-order valence-electron chi connectivity index (χ3n) is 3.38. The molecule has 92 valence electrons. The van der Waals surface area contributed by atoms with Crippen molar-refractivity contribution >= 4 is 0 Å². The molecule has 0 amide bonds. The minimum Gasteiger partial charge on any atom is -0.0988 e. The van der Waals surface area contributed by atoms with Crippen LogP contribution >= 0.6 is 0 Å². The third-order valence-corrected chi connectivity index (χ3v) is 3.38. The molecule has 1 atom stereocenters. The number of rotatable bonds is 8. The highest BCUT2D eigenvalue weighted by Gasteiger charge is 2.21. The second-order valence-electron chi connectivity index (χ2n) is 4.92. The van der Waals surface area contributed by atoms with Crippen LogP contribution in [-0.2, 0) is 0 Å². The molecule has 0 saturated carbocycles. The maximum atomic E-state index is 3.91. The van der Waals surface area contributed by atoms with Crippen LogP contribution in [0.4, 0.5) is 0 Å². The summed E-state index contributed by atoms with van der Waals surface area (Å²) in [6.07, 6.45) is 14.7. The highest BCUT2D eigenvalue weighted by atomic mass is 14.3. The molecule has 0 fully saturated rings. The van der Waals surface area contributed by atoms with Crippen molar-refractivity contribution in [2.45, 2.75) is 59.8 Å². The van der Waals surface area contributed by atoms with Crippen LogP contribution in [0.1, 0.15) is 59.8 Å². The predicted octanol–water partition coefficient (Wildman–Crippen LogP) is 5.67. The Bertz CT molecular complexity index is 245. The summed E-state index contributed by atoms with van der Waals surface area (Å²) in [7, 11) is 0. The molecule has 0 saturated heterocycles. The van der Waals surface area contributed by atoms with Gasteiger partial charge in [-0.15, -0.1) is 0 Å². The molecule has 0 aliphatic carbocycles. The summed E-state index contributed by atoms with van der Waals surface area (Å²) in [6, 6.07) is 0. The minimum absolute atomic E-state index is 0.442. The zero-order chi connectivity index (χ0) is 12.4. The van der Waals surface area contributed by atoms with E-state index in [-0.39, 0.29) is 0 Å². The van der Waals surface area contributed by atoms with E-state index < -0.39 is 0 Å². The van der Waals surface area contributed by atoms with Crippen molar-refractivity contribution in [3.8, 4) is 0 Å². The van der Waals surface area contributed by atoms with E-state index in [0.717, 1.165) is 6.42 Å². The van der Waals surface area contributed by atoms with E-state index >= 15 is 0 Å². The van der Waals surface area contributed by atoms with Crippen molar-refractivity contribution < 1.29 is 0 Å². The highest BCUT2D eigenvalue weighted by Crippen LogP contribution is 2.35. The topological polar surface area (TPSA) is 0 Å². The normalized spacial score (nSPS) is 16.4. The van der Waals surface area contributed by atoms with Crippen LogP contribution < -0.4 is 0 Å². The van der Waals surface area contributed by atoms with Crippen LogP contribution in [0.5, 0.6) is 0 Å². The Hall–Kier alpha value is -0.780.